The van der Waals surface area contributed by atoms with Crippen LogP contribution in [0, 0.1) is 0 Å². The van der Waals surface area contributed by atoms with Crippen molar-refractivity contribution in [3.8, 4) is 0 Å². The molecule has 19 heavy (non-hydrogen) atoms. The Balaban J connectivity index is 1.82. The van der Waals surface area contributed by atoms with Crippen LogP contribution in [0.1, 0.15) is 25.8 Å². The molecule has 0 saturated carbocycles. The van der Waals surface area contributed by atoms with Crippen LogP contribution in [0.5, 0.6) is 0 Å². The molecule has 1 aliphatic rings. The molecule has 1 heterocycles. The van der Waals surface area contributed by atoms with Crippen LogP contribution in [0.25, 0.3) is 0 Å². The number of nitrogens with one attached hydrogen (secondary N) is 1. The molecule has 0 amide bonds. The number of hydrogen-bond acceptors (Lipinski definition) is 3. The molecule has 1 saturated heterocycles. The lowest BCUT2D eigenvalue weighted by atomic mass is 10.1. The van der Waals surface area contributed by atoms with Crippen molar-refractivity contribution in [3.05, 3.63) is 35.9 Å². The third-order valence-electron chi connectivity index (χ3n) is 3.70. The normalized spacial score (nSPS) is 20.1. The Labute approximate surface area is 116 Å². The highest BCUT2D eigenvalue weighted by Crippen LogP contribution is 2.11. The maximum atomic E-state index is 5.77. The minimum absolute atomic E-state index is 0.380. The lowest BCUT2D eigenvalue weighted by molar-refractivity contribution is 0.0148. The quantitative estimate of drug-likeness (QED) is 0.851. The van der Waals surface area contributed by atoms with Crippen molar-refractivity contribution in [2.75, 3.05) is 26.2 Å². The Morgan fingerprint density at radius 1 is 1.32 bits per heavy atom. The van der Waals surface area contributed by atoms with E-state index in [2.05, 4.69) is 54.4 Å². The van der Waals surface area contributed by atoms with Gasteiger partial charge in [0, 0.05) is 32.2 Å². The summed E-state index contributed by atoms with van der Waals surface area (Å²) in [5.41, 5.74) is 1.39. The van der Waals surface area contributed by atoms with Crippen molar-refractivity contribution in [2.45, 2.75) is 39.0 Å². The van der Waals surface area contributed by atoms with Crippen LogP contribution in [0.2, 0.25) is 0 Å². The van der Waals surface area contributed by atoms with E-state index >= 15 is 0 Å². The minimum atomic E-state index is 0.380. The van der Waals surface area contributed by atoms with Crippen molar-refractivity contribution >= 4 is 0 Å². The standard InChI is InChI=1S/C16H26N2O/c1-14(2)18(13-15-6-4-3-5-7-15)10-8-16-12-17-9-11-19-16/h3-7,14,16-17H,8-13H2,1-2H3. The number of hydrogen-bond donors (Lipinski definition) is 1. The van der Waals surface area contributed by atoms with Gasteiger partial charge in [0.2, 0.25) is 0 Å². The highest BCUT2D eigenvalue weighted by Gasteiger charge is 2.16. The Morgan fingerprint density at radius 3 is 2.74 bits per heavy atom. The van der Waals surface area contributed by atoms with Gasteiger partial charge in [-0.3, -0.25) is 4.90 Å². The molecule has 106 valence electrons. The first-order valence-electron chi connectivity index (χ1n) is 7.36. The molecule has 1 aromatic rings. The van der Waals surface area contributed by atoms with Crippen LogP contribution in [0.3, 0.4) is 0 Å². The summed E-state index contributed by atoms with van der Waals surface area (Å²) in [5.74, 6) is 0. The molecule has 1 fully saturated rings. The van der Waals surface area contributed by atoms with Crippen LogP contribution >= 0.6 is 0 Å². The second-order valence-corrected chi connectivity index (χ2v) is 5.54. The summed E-state index contributed by atoms with van der Waals surface area (Å²) in [6.07, 6.45) is 1.49. The molecule has 3 heteroatoms. The summed E-state index contributed by atoms with van der Waals surface area (Å²) in [4.78, 5) is 2.52. The van der Waals surface area contributed by atoms with Gasteiger partial charge >= 0.3 is 0 Å². The summed E-state index contributed by atoms with van der Waals surface area (Å²) < 4.78 is 5.77. The monoisotopic (exact) mass is 262 g/mol. The van der Waals surface area contributed by atoms with E-state index in [0.717, 1.165) is 39.2 Å². The van der Waals surface area contributed by atoms with Gasteiger partial charge in [-0.2, -0.15) is 0 Å². The lowest BCUT2D eigenvalue weighted by Gasteiger charge is -2.30. The molecule has 0 aliphatic carbocycles. The molecule has 0 radical (unpaired) electrons. The van der Waals surface area contributed by atoms with Gasteiger partial charge in [-0.25, -0.2) is 0 Å². The van der Waals surface area contributed by atoms with Crippen molar-refractivity contribution in [1.82, 2.24) is 10.2 Å². The summed E-state index contributed by atoms with van der Waals surface area (Å²) in [6, 6.07) is 11.3. The molecule has 1 atom stereocenters. The van der Waals surface area contributed by atoms with Gasteiger partial charge in [-0.1, -0.05) is 30.3 Å². The second kappa shape index (κ2) is 7.63. The zero-order chi connectivity index (χ0) is 13.5. The van der Waals surface area contributed by atoms with Crippen LogP contribution in [-0.4, -0.2) is 43.3 Å². The van der Waals surface area contributed by atoms with Crippen LogP contribution < -0.4 is 5.32 Å². The number of nitrogens with zero attached hydrogens (tertiary/aromatic N) is 1. The van der Waals surface area contributed by atoms with Crippen molar-refractivity contribution in [3.63, 3.8) is 0 Å². The topological polar surface area (TPSA) is 24.5 Å². The van der Waals surface area contributed by atoms with Crippen molar-refractivity contribution < 1.29 is 4.74 Å². The van der Waals surface area contributed by atoms with Gasteiger partial charge in [0.05, 0.1) is 12.7 Å². The Hall–Kier alpha value is -0.900. The highest BCUT2D eigenvalue weighted by atomic mass is 16.5. The van der Waals surface area contributed by atoms with Gasteiger partial charge in [-0.15, -0.1) is 0 Å². The summed E-state index contributed by atoms with van der Waals surface area (Å²) in [5, 5.41) is 3.39. The average Bonchev–Trinajstić information content (AvgIpc) is 2.45. The van der Waals surface area contributed by atoms with Crippen molar-refractivity contribution in [1.29, 1.82) is 0 Å². The second-order valence-electron chi connectivity index (χ2n) is 5.54. The fraction of sp³-hybridized carbons (Fsp3) is 0.625. The third-order valence-corrected chi connectivity index (χ3v) is 3.70. The van der Waals surface area contributed by atoms with E-state index in [1.54, 1.807) is 0 Å². The molecule has 1 aliphatic heterocycles. The number of benzene rings is 1. The average molecular weight is 262 g/mol. The number of ether oxygens (including phenoxy) is 1. The summed E-state index contributed by atoms with van der Waals surface area (Å²) in [7, 11) is 0. The van der Waals surface area contributed by atoms with Gasteiger partial charge in [-0.05, 0) is 25.8 Å². The van der Waals surface area contributed by atoms with Gasteiger partial charge in [0.1, 0.15) is 0 Å². The Kier molecular flexibility index (Phi) is 5.83. The van der Waals surface area contributed by atoms with Gasteiger partial charge in [0.15, 0.2) is 0 Å². The third kappa shape index (κ3) is 4.94. The van der Waals surface area contributed by atoms with E-state index in [-0.39, 0.29) is 0 Å². The van der Waals surface area contributed by atoms with E-state index in [9.17, 15) is 0 Å². The predicted molar refractivity (Wildman–Crippen MR) is 79.2 cm³/mol. The van der Waals surface area contributed by atoms with Crippen molar-refractivity contribution in [2.24, 2.45) is 0 Å². The fourth-order valence-electron chi connectivity index (χ4n) is 2.45. The number of rotatable bonds is 6. The number of morpholine rings is 1. The van der Waals surface area contributed by atoms with E-state index in [0.29, 0.717) is 12.1 Å². The van der Waals surface area contributed by atoms with Crippen LogP contribution in [0.15, 0.2) is 30.3 Å². The molecule has 3 nitrogen and oxygen atoms in total. The first-order chi connectivity index (χ1) is 9.25. The smallest absolute Gasteiger partial charge is 0.0712 e. The lowest BCUT2D eigenvalue weighted by Crippen LogP contribution is -2.41. The molecule has 2 rings (SSSR count). The Bertz CT molecular complexity index is 347. The molecule has 0 bridgehead atoms. The van der Waals surface area contributed by atoms with E-state index in [1.165, 1.54) is 5.56 Å². The summed E-state index contributed by atoms with van der Waals surface area (Å²) >= 11 is 0. The maximum Gasteiger partial charge on any atom is 0.0712 e. The van der Waals surface area contributed by atoms with E-state index in [4.69, 9.17) is 4.74 Å². The molecule has 1 unspecified atom stereocenters. The van der Waals surface area contributed by atoms with Crippen LogP contribution in [0.4, 0.5) is 0 Å². The minimum Gasteiger partial charge on any atom is -0.376 e. The molecular formula is C16H26N2O. The van der Waals surface area contributed by atoms with Crippen LogP contribution in [-0.2, 0) is 11.3 Å². The molecular weight excluding hydrogens is 236 g/mol. The summed E-state index contributed by atoms with van der Waals surface area (Å²) in [6.45, 7) is 9.50. The SMILES string of the molecule is CC(C)N(CCC1CNCCO1)Cc1ccccc1. The maximum absolute atomic E-state index is 5.77. The first-order valence-corrected chi connectivity index (χ1v) is 7.36. The van der Waals surface area contributed by atoms with E-state index in [1.807, 2.05) is 0 Å². The Morgan fingerprint density at radius 2 is 2.11 bits per heavy atom. The largest absolute Gasteiger partial charge is 0.376 e. The molecule has 1 N–H and O–H groups in total. The molecule has 0 aromatic heterocycles. The predicted octanol–water partition coefficient (Wildman–Crippen LogP) is 2.28. The highest BCUT2D eigenvalue weighted by molar-refractivity contribution is 5.14. The van der Waals surface area contributed by atoms with Gasteiger partial charge < -0.3 is 10.1 Å². The molecule has 0 spiro atoms. The van der Waals surface area contributed by atoms with Gasteiger partial charge in [0.25, 0.3) is 0 Å². The van der Waals surface area contributed by atoms with E-state index < -0.39 is 0 Å². The zero-order valence-corrected chi connectivity index (χ0v) is 12.1. The first kappa shape index (κ1) is 14.5. The zero-order valence-electron chi connectivity index (χ0n) is 12.1. The molecule has 1 aromatic carbocycles. The fourth-order valence-corrected chi connectivity index (χ4v) is 2.45.